The SMILES string of the molecule is CC1NC(=O)CN(CCOCC2CC2)C1=O. The highest BCUT2D eigenvalue weighted by Crippen LogP contribution is 2.28. The van der Waals surface area contributed by atoms with E-state index in [1.165, 1.54) is 12.8 Å². The zero-order chi connectivity index (χ0) is 11.5. The van der Waals surface area contributed by atoms with Crippen LogP contribution >= 0.6 is 0 Å². The van der Waals surface area contributed by atoms with Crippen molar-refractivity contribution in [3.8, 4) is 0 Å². The van der Waals surface area contributed by atoms with E-state index in [0.29, 0.717) is 13.2 Å². The van der Waals surface area contributed by atoms with Crippen molar-refractivity contribution >= 4 is 11.8 Å². The number of hydrogen-bond donors (Lipinski definition) is 1. The van der Waals surface area contributed by atoms with Gasteiger partial charge in [-0.15, -0.1) is 0 Å². The molecule has 1 aliphatic heterocycles. The van der Waals surface area contributed by atoms with E-state index in [2.05, 4.69) is 5.32 Å². The number of rotatable bonds is 5. The average molecular weight is 226 g/mol. The van der Waals surface area contributed by atoms with Gasteiger partial charge in [0.15, 0.2) is 0 Å². The molecule has 1 heterocycles. The minimum Gasteiger partial charge on any atom is -0.379 e. The Labute approximate surface area is 95.1 Å². The summed E-state index contributed by atoms with van der Waals surface area (Å²) in [6.45, 7) is 3.71. The molecule has 2 rings (SSSR count). The molecule has 90 valence electrons. The van der Waals surface area contributed by atoms with Crippen molar-refractivity contribution in [3.05, 3.63) is 0 Å². The largest absolute Gasteiger partial charge is 0.379 e. The molecule has 1 aliphatic carbocycles. The number of piperazine rings is 1. The van der Waals surface area contributed by atoms with E-state index in [9.17, 15) is 9.59 Å². The normalized spacial score (nSPS) is 25.8. The van der Waals surface area contributed by atoms with Gasteiger partial charge in [0, 0.05) is 13.2 Å². The maximum atomic E-state index is 11.7. The molecular formula is C11H18N2O3. The molecule has 2 amide bonds. The molecule has 1 atom stereocenters. The highest BCUT2D eigenvalue weighted by atomic mass is 16.5. The molecule has 0 aromatic heterocycles. The lowest BCUT2D eigenvalue weighted by molar-refractivity contribution is -0.144. The van der Waals surface area contributed by atoms with Gasteiger partial charge in [-0.25, -0.2) is 0 Å². The maximum absolute atomic E-state index is 11.7. The van der Waals surface area contributed by atoms with E-state index in [4.69, 9.17) is 4.74 Å². The first-order valence-corrected chi connectivity index (χ1v) is 5.82. The lowest BCUT2D eigenvalue weighted by atomic mass is 10.2. The highest BCUT2D eigenvalue weighted by Gasteiger charge is 2.29. The monoisotopic (exact) mass is 226 g/mol. The zero-order valence-electron chi connectivity index (χ0n) is 9.57. The summed E-state index contributed by atoms with van der Waals surface area (Å²) in [6, 6.07) is -0.398. The summed E-state index contributed by atoms with van der Waals surface area (Å²) in [5.74, 6) is 0.628. The van der Waals surface area contributed by atoms with Gasteiger partial charge < -0.3 is 15.0 Å². The molecule has 0 bridgehead atoms. The molecule has 0 aromatic carbocycles. The van der Waals surface area contributed by atoms with Crippen LogP contribution in [0.2, 0.25) is 0 Å². The van der Waals surface area contributed by atoms with Gasteiger partial charge in [-0.2, -0.15) is 0 Å². The smallest absolute Gasteiger partial charge is 0.245 e. The van der Waals surface area contributed by atoms with Crippen LogP contribution < -0.4 is 5.32 Å². The van der Waals surface area contributed by atoms with Crippen LogP contribution in [0.4, 0.5) is 0 Å². The molecule has 0 aromatic rings. The Kier molecular flexibility index (Phi) is 3.43. The summed E-state index contributed by atoms with van der Waals surface area (Å²) >= 11 is 0. The first-order valence-electron chi connectivity index (χ1n) is 5.82. The molecule has 16 heavy (non-hydrogen) atoms. The third-order valence-electron chi connectivity index (χ3n) is 2.95. The van der Waals surface area contributed by atoms with Crippen LogP contribution in [0.25, 0.3) is 0 Å². The molecular weight excluding hydrogens is 208 g/mol. The summed E-state index contributed by atoms with van der Waals surface area (Å²) < 4.78 is 5.45. The van der Waals surface area contributed by atoms with Crippen LogP contribution in [0.15, 0.2) is 0 Å². The van der Waals surface area contributed by atoms with E-state index in [1.54, 1.807) is 11.8 Å². The Morgan fingerprint density at radius 3 is 2.88 bits per heavy atom. The van der Waals surface area contributed by atoms with Crippen LogP contribution in [0.1, 0.15) is 19.8 Å². The second-order valence-corrected chi connectivity index (χ2v) is 4.57. The molecule has 2 fully saturated rings. The summed E-state index contributed by atoms with van der Waals surface area (Å²) in [5, 5.41) is 2.61. The molecule has 2 aliphatic rings. The number of hydrogen-bond acceptors (Lipinski definition) is 3. The van der Waals surface area contributed by atoms with E-state index in [1.807, 2.05) is 0 Å². The first kappa shape index (κ1) is 11.4. The summed E-state index contributed by atoms with van der Waals surface area (Å²) in [4.78, 5) is 24.5. The van der Waals surface area contributed by atoms with E-state index in [-0.39, 0.29) is 18.4 Å². The van der Waals surface area contributed by atoms with Crippen LogP contribution in [0.5, 0.6) is 0 Å². The summed E-state index contributed by atoms with van der Waals surface area (Å²) in [7, 11) is 0. The lowest BCUT2D eigenvalue weighted by Gasteiger charge is -2.30. The number of amides is 2. The second-order valence-electron chi connectivity index (χ2n) is 4.57. The van der Waals surface area contributed by atoms with Gasteiger partial charge in [-0.1, -0.05) is 0 Å². The third-order valence-corrected chi connectivity index (χ3v) is 2.95. The highest BCUT2D eigenvalue weighted by molar-refractivity contribution is 5.94. The molecule has 1 N–H and O–H groups in total. The van der Waals surface area contributed by atoms with Gasteiger partial charge in [-0.05, 0) is 25.7 Å². The maximum Gasteiger partial charge on any atom is 0.245 e. The second kappa shape index (κ2) is 4.82. The minimum atomic E-state index is -0.398. The fraction of sp³-hybridized carbons (Fsp3) is 0.818. The number of ether oxygens (including phenoxy) is 1. The summed E-state index contributed by atoms with van der Waals surface area (Å²) in [6.07, 6.45) is 2.53. The van der Waals surface area contributed by atoms with Crippen molar-refractivity contribution in [2.24, 2.45) is 5.92 Å². The molecule has 0 spiro atoms. The Hall–Kier alpha value is -1.10. The van der Waals surface area contributed by atoms with Gasteiger partial charge >= 0.3 is 0 Å². The topological polar surface area (TPSA) is 58.6 Å². The van der Waals surface area contributed by atoms with Crippen LogP contribution in [-0.4, -0.2) is 49.1 Å². The Balaban J connectivity index is 1.69. The fourth-order valence-corrected chi connectivity index (χ4v) is 1.77. The molecule has 1 saturated heterocycles. The van der Waals surface area contributed by atoms with Crippen LogP contribution in [0, 0.1) is 5.92 Å². The average Bonchev–Trinajstić information content (AvgIpc) is 3.03. The van der Waals surface area contributed by atoms with Crippen LogP contribution in [-0.2, 0) is 14.3 Å². The number of nitrogens with one attached hydrogen (secondary N) is 1. The van der Waals surface area contributed by atoms with E-state index < -0.39 is 6.04 Å². The zero-order valence-corrected chi connectivity index (χ0v) is 9.57. The van der Waals surface area contributed by atoms with Gasteiger partial charge in [0.05, 0.1) is 13.2 Å². The Morgan fingerprint density at radius 1 is 1.44 bits per heavy atom. The predicted molar refractivity (Wildman–Crippen MR) is 57.7 cm³/mol. The molecule has 5 heteroatoms. The standard InChI is InChI=1S/C11H18N2O3/c1-8-11(15)13(6-10(14)12-8)4-5-16-7-9-2-3-9/h8-9H,2-7H2,1H3,(H,12,14). The quantitative estimate of drug-likeness (QED) is 0.658. The van der Waals surface area contributed by atoms with Gasteiger partial charge in [0.25, 0.3) is 0 Å². The number of carbonyl (C=O) groups excluding carboxylic acids is 2. The van der Waals surface area contributed by atoms with Gasteiger partial charge in [-0.3, -0.25) is 9.59 Å². The van der Waals surface area contributed by atoms with Crippen molar-refractivity contribution in [1.29, 1.82) is 0 Å². The summed E-state index contributed by atoms with van der Waals surface area (Å²) in [5.41, 5.74) is 0. The van der Waals surface area contributed by atoms with Crippen molar-refractivity contribution < 1.29 is 14.3 Å². The third kappa shape index (κ3) is 2.95. The van der Waals surface area contributed by atoms with Gasteiger partial charge in [0.2, 0.25) is 11.8 Å². The van der Waals surface area contributed by atoms with Crippen molar-refractivity contribution in [2.75, 3.05) is 26.3 Å². The van der Waals surface area contributed by atoms with Crippen molar-refractivity contribution in [1.82, 2.24) is 10.2 Å². The molecule has 0 radical (unpaired) electrons. The van der Waals surface area contributed by atoms with Crippen LogP contribution in [0.3, 0.4) is 0 Å². The molecule has 5 nitrogen and oxygen atoms in total. The number of carbonyl (C=O) groups is 2. The fourth-order valence-electron chi connectivity index (χ4n) is 1.77. The first-order chi connectivity index (χ1) is 7.66. The van der Waals surface area contributed by atoms with Crippen molar-refractivity contribution in [3.63, 3.8) is 0 Å². The van der Waals surface area contributed by atoms with Gasteiger partial charge in [0.1, 0.15) is 6.04 Å². The Morgan fingerprint density at radius 2 is 2.19 bits per heavy atom. The van der Waals surface area contributed by atoms with E-state index in [0.717, 1.165) is 12.5 Å². The lowest BCUT2D eigenvalue weighted by Crippen LogP contribution is -2.57. The molecule has 1 saturated carbocycles. The Bertz CT molecular complexity index is 289. The predicted octanol–water partition coefficient (Wildman–Crippen LogP) is -0.240. The molecule has 1 unspecified atom stereocenters. The minimum absolute atomic E-state index is 0.0189. The number of nitrogens with zero attached hydrogens (tertiary/aromatic N) is 1. The van der Waals surface area contributed by atoms with Crippen molar-refractivity contribution in [2.45, 2.75) is 25.8 Å². The van der Waals surface area contributed by atoms with E-state index >= 15 is 0 Å².